The monoisotopic (exact) mass is 599 g/mol. The molecule has 0 radical (unpaired) electrons. The summed E-state index contributed by atoms with van der Waals surface area (Å²) in [5.41, 5.74) is 1.58. The quantitative estimate of drug-likeness (QED) is 0.211. The maximum Gasteiger partial charge on any atom is 0.283 e. The molecule has 0 bridgehead atoms. The van der Waals surface area contributed by atoms with Crippen molar-refractivity contribution in [1.82, 2.24) is 0 Å². The fraction of sp³-hybridized carbons (Fsp3) is 0.0938. The molecule has 1 heterocycles. The van der Waals surface area contributed by atoms with E-state index in [0.717, 1.165) is 16.7 Å². The van der Waals surface area contributed by atoms with Crippen LogP contribution >= 0.6 is 11.8 Å². The van der Waals surface area contributed by atoms with Crippen LogP contribution in [0.1, 0.15) is 10.4 Å². The van der Waals surface area contributed by atoms with Gasteiger partial charge in [0.05, 0.1) is 27.0 Å². The predicted molar refractivity (Wildman–Crippen MR) is 162 cm³/mol. The van der Waals surface area contributed by atoms with Gasteiger partial charge in [-0.15, -0.1) is 0 Å². The van der Waals surface area contributed by atoms with Crippen LogP contribution in [0.2, 0.25) is 0 Å². The maximum absolute atomic E-state index is 13.9. The Hall–Kier alpha value is -5.29. The average molecular weight is 600 g/mol. The van der Waals surface area contributed by atoms with Gasteiger partial charge in [-0.2, -0.15) is 0 Å². The Kier molecular flexibility index (Phi) is 8.63. The van der Waals surface area contributed by atoms with E-state index < -0.39 is 17.6 Å². The van der Waals surface area contributed by atoms with Crippen molar-refractivity contribution in [3.05, 3.63) is 113 Å². The van der Waals surface area contributed by atoms with Crippen LogP contribution in [0.15, 0.2) is 106 Å². The topological polar surface area (TPSA) is 106 Å². The molecular formula is C32H26FN3O6S. The highest BCUT2D eigenvalue weighted by atomic mass is 32.2. The molecule has 0 fully saturated rings. The number of imide groups is 1. The number of amides is 3. The molecule has 0 saturated heterocycles. The minimum Gasteiger partial charge on any atom is -0.497 e. The van der Waals surface area contributed by atoms with Gasteiger partial charge in [0.25, 0.3) is 17.7 Å². The summed E-state index contributed by atoms with van der Waals surface area (Å²) in [6, 6.07) is 23.7. The Morgan fingerprint density at radius 1 is 0.767 bits per heavy atom. The second kappa shape index (κ2) is 12.7. The third-order valence-corrected chi connectivity index (χ3v) is 7.52. The van der Waals surface area contributed by atoms with Crippen LogP contribution in [0.4, 0.5) is 21.5 Å². The van der Waals surface area contributed by atoms with E-state index >= 15 is 0 Å². The molecule has 0 spiro atoms. The molecule has 2 N–H and O–H groups in total. The zero-order valence-corrected chi connectivity index (χ0v) is 24.2. The highest BCUT2D eigenvalue weighted by Gasteiger charge is 2.41. The first-order valence-electron chi connectivity index (χ1n) is 12.9. The number of methoxy groups -OCH3 is 3. The molecule has 0 atom stereocenters. The summed E-state index contributed by atoms with van der Waals surface area (Å²) in [7, 11) is 4.47. The van der Waals surface area contributed by atoms with Crippen molar-refractivity contribution in [3.63, 3.8) is 0 Å². The number of rotatable bonds is 10. The standard InChI is InChI=1S/C32H26FN3O6S/c1-40-23-13-7-19(8-14-23)30(37)35-22-5-4-6-25(17-22)43-29-28(34-21-11-9-20(33)10-12-21)31(38)36(32(29)39)26-16-15-24(41-2)18-27(26)42-3/h4-18,34H,1-3H3,(H,35,37). The van der Waals surface area contributed by atoms with Crippen molar-refractivity contribution in [2.24, 2.45) is 0 Å². The van der Waals surface area contributed by atoms with Gasteiger partial charge in [-0.05, 0) is 78.9 Å². The lowest BCUT2D eigenvalue weighted by atomic mass is 10.2. The summed E-state index contributed by atoms with van der Waals surface area (Å²) in [6.07, 6.45) is 0. The van der Waals surface area contributed by atoms with Crippen molar-refractivity contribution in [2.75, 3.05) is 36.9 Å². The van der Waals surface area contributed by atoms with Crippen molar-refractivity contribution in [3.8, 4) is 17.2 Å². The third-order valence-electron chi connectivity index (χ3n) is 6.45. The molecule has 0 unspecified atom stereocenters. The lowest BCUT2D eigenvalue weighted by Crippen LogP contribution is -2.32. The molecule has 4 aromatic rings. The van der Waals surface area contributed by atoms with Gasteiger partial charge in [-0.25, -0.2) is 9.29 Å². The number of thioether (sulfide) groups is 1. The van der Waals surface area contributed by atoms with Crippen LogP contribution in [0, 0.1) is 5.82 Å². The molecule has 4 aromatic carbocycles. The molecule has 0 aliphatic carbocycles. The average Bonchev–Trinajstić information content (AvgIpc) is 3.25. The fourth-order valence-electron chi connectivity index (χ4n) is 4.28. The minimum absolute atomic E-state index is 0.00662. The normalized spacial score (nSPS) is 12.8. The number of carbonyl (C=O) groups excluding carboxylic acids is 3. The summed E-state index contributed by atoms with van der Waals surface area (Å²) in [5, 5.41) is 5.84. The summed E-state index contributed by atoms with van der Waals surface area (Å²) >= 11 is 1.05. The number of hydrogen-bond donors (Lipinski definition) is 2. The van der Waals surface area contributed by atoms with E-state index in [4.69, 9.17) is 14.2 Å². The van der Waals surface area contributed by atoms with Crippen LogP contribution in [0.3, 0.4) is 0 Å². The molecule has 1 aliphatic rings. The van der Waals surface area contributed by atoms with E-state index in [1.54, 1.807) is 73.8 Å². The van der Waals surface area contributed by atoms with E-state index in [-0.39, 0.29) is 27.9 Å². The Balaban J connectivity index is 1.46. The van der Waals surface area contributed by atoms with E-state index in [1.807, 2.05) is 0 Å². The third kappa shape index (κ3) is 6.31. The second-order valence-electron chi connectivity index (χ2n) is 9.13. The van der Waals surface area contributed by atoms with Gasteiger partial charge in [0.1, 0.15) is 33.7 Å². The number of halogens is 1. The molecule has 1 aliphatic heterocycles. The number of anilines is 3. The molecule has 3 amide bonds. The van der Waals surface area contributed by atoms with Gasteiger partial charge in [0, 0.05) is 27.9 Å². The molecule has 11 heteroatoms. The van der Waals surface area contributed by atoms with Crippen molar-refractivity contribution >= 4 is 46.5 Å². The molecule has 218 valence electrons. The van der Waals surface area contributed by atoms with Crippen LogP contribution in [-0.2, 0) is 9.59 Å². The fourth-order valence-corrected chi connectivity index (χ4v) is 5.27. The Bertz CT molecular complexity index is 1720. The molecule has 5 rings (SSSR count). The summed E-state index contributed by atoms with van der Waals surface area (Å²) in [4.78, 5) is 42.2. The highest BCUT2D eigenvalue weighted by molar-refractivity contribution is 8.04. The SMILES string of the molecule is COc1ccc(C(=O)Nc2cccc(SC3=C(Nc4ccc(F)cc4)C(=O)N(c4ccc(OC)cc4OC)C3=O)c2)cc1. The number of ether oxygens (including phenoxy) is 3. The summed E-state index contributed by atoms with van der Waals surface area (Å²) in [5.74, 6) is -0.601. The summed E-state index contributed by atoms with van der Waals surface area (Å²) < 4.78 is 29.4. The Labute approximate surface area is 251 Å². The second-order valence-corrected chi connectivity index (χ2v) is 10.2. The van der Waals surface area contributed by atoms with E-state index in [9.17, 15) is 18.8 Å². The molecule has 0 saturated carbocycles. The lowest BCUT2D eigenvalue weighted by molar-refractivity contribution is -0.120. The first-order valence-corrected chi connectivity index (χ1v) is 13.7. The molecule has 0 aromatic heterocycles. The van der Waals surface area contributed by atoms with Gasteiger partial charge in [0.15, 0.2) is 0 Å². The van der Waals surface area contributed by atoms with Crippen LogP contribution in [-0.4, -0.2) is 39.1 Å². The number of benzene rings is 4. The van der Waals surface area contributed by atoms with Gasteiger partial charge < -0.3 is 24.8 Å². The van der Waals surface area contributed by atoms with Crippen LogP contribution in [0.5, 0.6) is 17.2 Å². The lowest BCUT2D eigenvalue weighted by Gasteiger charge is -2.19. The number of nitrogens with zero attached hydrogens (tertiary/aromatic N) is 1. The van der Waals surface area contributed by atoms with E-state index in [1.165, 1.54) is 38.5 Å². The van der Waals surface area contributed by atoms with Crippen molar-refractivity contribution in [1.29, 1.82) is 0 Å². The number of hydrogen-bond acceptors (Lipinski definition) is 8. The minimum atomic E-state index is -0.621. The molecule has 43 heavy (non-hydrogen) atoms. The smallest absolute Gasteiger partial charge is 0.283 e. The van der Waals surface area contributed by atoms with Crippen LogP contribution < -0.4 is 29.7 Å². The maximum atomic E-state index is 13.9. The van der Waals surface area contributed by atoms with E-state index in [2.05, 4.69) is 10.6 Å². The molecular weight excluding hydrogens is 573 g/mol. The van der Waals surface area contributed by atoms with Crippen LogP contribution in [0.25, 0.3) is 0 Å². The highest BCUT2D eigenvalue weighted by Crippen LogP contribution is 2.42. The largest absolute Gasteiger partial charge is 0.497 e. The molecule has 9 nitrogen and oxygen atoms in total. The van der Waals surface area contributed by atoms with Gasteiger partial charge >= 0.3 is 0 Å². The van der Waals surface area contributed by atoms with Crippen molar-refractivity contribution < 1.29 is 33.0 Å². The summed E-state index contributed by atoms with van der Waals surface area (Å²) in [6.45, 7) is 0. The first kappa shape index (κ1) is 29.2. The van der Waals surface area contributed by atoms with E-state index in [0.29, 0.717) is 33.3 Å². The number of nitrogens with one attached hydrogen (secondary N) is 2. The van der Waals surface area contributed by atoms with Crippen molar-refractivity contribution in [2.45, 2.75) is 4.90 Å². The van der Waals surface area contributed by atoms with Gasteiger partial charge in [-0.1, -0.05) is 17.8 Å². The Morgan fingerprint density at radius 3 is 2.14 bits per heavy atom. The van der Waals surface area contributed by atoms with Gasteiger partial charge in [0.2, 0.25) is 0 Å². The predicted octanol–water partition coefficient (Wildman–Crippen LogP) is 6.09. The Morgan fingerprint density at radius 2 is 1.47 bits per heavy atom. The number of carbonyl (C=O) groups is 3. The zero-order chi connectivity index (χ0) is 30.5. The zero-order valence-electron chi connectivity index (χ0n) is 23.3. The van der Waals surface area contributed by atoms with Gasteiger partial charge in [-0.3, -0.25) is 14.4 Å². The first-order chi connectivity index (χ1) is 20.8.